The monoisotopic (exact) mass is 414 g/mol. The molecule has 1 unspecified atom stereocenters. The number of guanidine groups is 1. The maximum atomic E-state index is 5.51. The number of furan rings is 1. The first-order valence-electron chi connectivity index (χ1n) is 10.7. The first-order valence-corrected chi connectivity index (χ1v) is 10.7. The van der Waals surface area contributed by atoms with Gasteiger partial charge in [0.1, 0.15) is 17.3 Å². The predicted octanol–water partition coefficient (Wildman–Crippen LogP) is 3.06. The van der Waals surface area contributed by atoms with Gasteiger partial charge in [0.05, 0.1) is 27.0 Å². The molecule has 0 bridgehead atoms. The fourth-order valence-corrected chi connectivity index (χ4v) is 3.84. The van der Waals surface area contributed by atoms with E-state index in [0.717, 1.165) is 54.8 Å². The minimum absolute atomic E-state index is 0.519. The summed E-state index contributed by atoms with van der Waals surface area (Å²) in [5.41, 5.74) is 1.02. The number of aliphatic imine (C=N–C) groups is 1. The lowest BCUT2D eigenvalue weighted by atomic mass is 10.2. The molecule has 2 aromatic rings. The minimum atomic E-state index is 0.519. The van der Waals surface area contributed by atoms with Gasteiger partial charge in [-0.3, -0.25) is 4.90 Å². The van der Waals surface area contributed by atoms with Crippen LogP contribution in [0.4, 0.5) is 0 Å². The van der Waals surface area contributed by atoms with Crippen molar-refractivity contribution in [2.24, 2.45) is 4.99 Å². The summed E-state index contributed by atoms with van der Waals surface area (Å²) >= 11 is 0. The van der Waals surface area contributed by atoms with E-state index < -0.39 is 0 Å². The van der Waals surface area contributed by atoms with Gasteiger partial charge >= 0.3 is 0 Å². The third-order valence-electron chi connectivity index (χ3n) is 5.56. The van der Waals surface area contributed by atoms with Crippen molar-refractivity contribution >= 4 is 5.96 Å². The van der Waals surface area contributed by atoms with E-state index in [0.29, 0.717) is 12.6 Å². The van der Waals surface area contributed by atoms with Crippen molar-refractivity contribution in [3.05, 3.63) is 47.9 Å². The summed E-state index contributed by atoms with van der Waals surface area (Å²) in [7, 11) is 3.32. The molecule has 1 aliphatic heterocycles. The molecule has 7 heteroatoms. The van der Waals surface area contributed by atoms with Crippen LogP contribution < -0.4 is 20.1 Å². The summed E-state index contributed by atoms with van der Waals surface area (Å²) in [5, 5.41) is 6.98. The fourth-order valence-electron chi connectivity index (χ4n) is 3.84. The van der Waals surface area contributed by atoms with Gasteiger partial charge in [-0.2, -0.15) is 0 Å². The van der Waals surface area contributed by atoms with E-state index in [2.05, 4.69) is 22.5 Å². The molecule has 1 fully saturated rings. The Hall–Kier alpha value is -2.67. The second-order valence-corrected chi connectivity index (χ2v) is 7.40. The number of likely N-dealkylation sites (tertiary alicyclic amines) is 1. The number of likely N-dealkylation sites (N-methyl/N-ethyl adjacent to an activating group) is 1. The molecule has 0 aliphatic carbocycles. The normalized spacial score (nSPS) is 17.2. The van der Waals surface area contributed by atoms with Crippen LogP contribution in [0.1, 0.15) is 31.1 Å². The largest absolute Gasteiger partial charge is 0.497 e. The average Bonchev–Trinajstić information content (AvgIpc) is 3.46. The number of hydrogen-bond acceptors (Lipinski definition) is 5. The van der Waals surface area contributed by atoms with Gasteiger partial charge < -0.3 is 24.5 Å². The summed E-state index contributed by atoms with van der Waals surface area (Å²) in [5.74, 6) is 3.32. The number of benzene rings is 1. The molecule has 7 nitrogen and oxygen atoms in total. The molecule has 1 saturated heterocycles. The van der Waals surface area contributed by atoms with Crippen molar-refractivity contribution < 1.29 is 13.9 Å². The van der Waals surface area contributed by atoms with Crippen molar-refractivity contribution in [3.63, 3.8) is 0 Å². The molecule has 0 radical (unpaired) electrons. The summed E-state index contributed by atoms with van der Waals surface area (Å²) in [4.78, 5) is 7.34. The highest BCUT2D eigenvalue weighted by atomic mass is 16.5. The lowest BCUT2D eigenvalue weighted by molar-refractivity contribution is 0.267. The zero-order valence-corrected chi connectivity index (χ0v) is 18.3. The average molecular weight is 415 g/mol. The number of rotatable bonds is 10. The van der Waals surface area contributed by atoms with Gasteiger partial charge in [0.2, 0.25) is 0 Å². The predicted molar refractivity (Wildman–Crippen MR) is 119 cm³/mol. The Bertz CT molecular complexity index is 792. The molecule has 2 N–H and O–H groups in total. The van der Waals surface area contributed by atoms with Crippen molar-refractivity contribution in [3.8, 4) is 11.5 Å². The van der Waals surface area contributed by atoms with Gasteiger partial charge in [0, 0.05) is 37.2 Å². The highest BCUT2D eigenvalue weighted by Gasteiger charge is 2.22. The van der Waals surface area contributed by atoms with Gasteiger partial charge in [0.15, 0.2) is 5.96 Å². The quantitative estimate of drug-likeness (QED) is 0.460. The van der Waals surface area contributed by atoms with Crippen LogP contribution in [0.25, 0.3) is 0 Å². The number of nitrogens with one attached hydrogen (secondary N) is 2. The van der Waals surface area contributed by atoms with Crippen LogP contribution in [-0.4, -0.2) is 57.3 Å². The number of nitrogens with zero attached hydrogens (tertiary/aromatic N) is 2. The van der Waals surface area contributed by atoms with Crippen molar-refractivity contribution in [2.75, 3.05) is 40.4 Å². The van der Waals surface area contributed by atoms with Gasteiger partial charge in [0.25, 0.3) is 0 Å². The zero-order chi connectivity index (χ0) is 21.2. The molecular formula is C23H34N4O3. The molecule has 164 valence electrons. The Morgan fingerprint density at radius 1 is 1.23 bits per heavy atom. The fraction of sp³-hybridized carbons (Fsp3) is 0.522. The SMILES string of the molecule is CCN1CCCC1CNC(=NCc1ccc(OC)cc1OC)NCCc1ccco1. The van der Waals surface area contributed by atoms with Gasteiger partial charge in [-0.05, 0) is 50.2 Å². The van der Waals surface area contributed by atoms with Crippen molar-refractivity contribution in [1.82, 2.24) is 15.5 Å². The van der Waals surface area contributed by atoms with Gasteiger partial charge in [-0.15, -0.1) is 0 Å². The Morgan fingerprint density at radius 3 is 2.87 bits per heavy atom. The molecule has 30 heavy (non-hydrogen) atoms. The van der Waals surface area contributed by atoms with Crippen LogP contribution in [0.5, 0.6) is 11.5 Å². The molecule has 1 aromatic carbocycles. The molecular weight excluding hydrogens is 380 g/mol. The Kier molecular flexibility index (Phi) is 8.44. The second kappa shape index (κ2) is 11.5. The molecule has 1 aliphatic rings. The van der Waals surface area contributed by atoms with E-state index in [1.807, 2.05) is 30.3 Å². The van der Waals surface area contributed by atoms with Crippen LogP contribution in [0.3, 0.4) is 0 Å². The number of hydrogen-bond donors (Lipinski definition) is 2. The Balaban J connectivity index is 1.64. The highest BCUT2D eigenvalue weighted by Crippen LogP contribution is 2.25. The van der Waals surface area contributed by atoms with Crippen LogP contribution in [0, 0.1) is 0 Å². The van der Waals surface area contributed by atoms with E-state index in [1.54, 1.807) is 20.5 Å². The smallest absolute Gasteiger partial charge is 0.191 e. The molecule has 0 amide bonds. The third-order valence-corrected chi connectivity index (χ3v) is 5.56. The Morgan fingerprint density at radius 2 is 2.13 bits per heavy atom. The van der Waals surface area contributed by atoms with E-state index in [-0.39, 0.29) is 0 Å². The lowest BCUT2D eigenvalue weighted by Gasteiger charge is -2.24. The first-order chi connectivity index (χ1) is 14.7. The van der Waals surface area contributed by atoms with Gasteiger partial charge in [-0.25, -0.2) is 4.99 Å². The molecule has 1 aromatic heterocycles. The molecule has 1 atom stereocenters. The van der Waals surface area contributed by atoms with E-state index in [9.17, 15) is 0 Å². The number of methoxy groups -OCH3 is 2. The van der Waals surface area contributed by atoms with Crippen molar-refractivity contribution in [2.45, 2.75) is 38.8 Å². The zero-order valence-electron chi connectivity index (χ0n) is 18.3. The molecule has 2 heterocycles. The maximum Gasteiger partial charge on any atom is 0.191 e. The van der Waals surface area contributed by atoms with E-state index in [4.69, 9.17) is 18.9 Å². The van der Waals surface area contributed by atoms with Crippen molar-refractivity contribution in [1.29, 1.82) is 0 Å². The molecule has 0 saturated carbocycles. The van der Waals surface area contributed by atoms with Gasteiger partial charge in [-0.1, -0.05) is 6.92 Å². The van der Waals surface area contributed by atoms with E-state index in [1.165, 1.54) is 19.4 Å². The van der Waals surface area contributed by atoms with Crippen LogP contribution in [0.2, 0.25) is 0 Å². The van der Waals surface area contributed by atoms with Crippen LogP contribution >= 0.6 is 0 Å². The second-order valence-electron chi connectivity index (χ2n) is 7.40. The summed E-state index contributed by atoms with van der Waals surface area (Å²) in [6.07, 6.45) is 5.01. The Labute approximate surface area is 179 Å². The summed E-state index contributed by atoms with van der Waals surface area (Å²) in [6, 6.07) is 10.3. The topological polar surface area (TPSA) is 71.3 Å². The summed E-state index contributed by atoms with van der Waals surface area (Å²) < 4.78 is 16.2. The molecule has 3 rings (SSSR count). The minimum Gasteiger partial charge on any atom is -0.497 e. The first kappa shape index (κ1) is 22.0. The lowest BCUT2D eigenvalue weighted by Crippen LogP contribution is -2.45. The standard InChI is InChI=1S/C23H34N4O3/c1-4-27-13-5-7-19(27)17-26-23(24-12-11-20-8-6-14-30-20)25-16-18-9-10-21(28-2)15-22(18)29-3/h6,8-10,14-15,19H,4-5,7,11-13,16-17H2,1-3H3,(H2,24,25,26). The maximum absolute atomic E-state index is 5.51. The third kappa shape index (κ3) is 6.16. The van der Waals surface area contributed by atoms with Crippen LogP contribution in [-0.2, 0) is 13.0 Å². The van der Waals surface area contributed by atoms with E-state index >= 15 is 0 Å². The van der Waals surface area contributed by atoms with Crippen LogP contribution in [0.15, 0.2) is 46.0 Å². The molecule has 0 spiro atoms. The summed E-state index contributed by atoms with van der Waals surface area (Å²) in [6.45, 7) is 6.66. The number of ether oxygens (including phenoxy) is 2. The highest BCUT2D eigenvalue weighted by molar-refractivity contribution is 5.79.